The van der Waals surface area contributed by atoms with Crippen LogP contribution in [-0.2, 0) is 19.2 Å². The Morgan fingerprint density at radius 2 is 1.91 bits per heavy atom. The molecule has 9 heteroatoms. The van der Waals surface area contributed by atoms with Gasteiger partial charge in [-0.2, -0.15) is 0 Å². The number of amides is 3. The van der Waals surface area contributed by atoms with E-state index in [9.17, 15) is 19.2 Å². The van der Waals surface area contributed by atoms with E-state index < -0.39 is 48.2 Å². The van der Waals surface area contributed by atoms with Crippen LogP contribution < -0.4 is 21.7 Å². The minimum absolute atomic E-state index is 0.349. The highest BCUT2D eigenvalue weighted by Crippen LogP contribution is 2.07. The van der Waals surface area contributed by atoms with E-state index in [0.29, 0.717) is 13.0 Å². The molecule has 130 valence electrons. The van der Waals surface area contributed by atoms with Crippen molar-refractivity contribution in [3.8, 4) is 0 Å². The number of aliphatic carboxylic acids is 1. The Bertz CT molecular complexity index is 474. The molecule has 1 fully saturated rings. The molecule has 0 aliphatic carbocycles. The van der Waals surface area contributed by atoms with Crippen molar-refractivity contribution in [1.29, 1.82) is 0 Å². The summed E-state index contributed by atoms with van der Waals surface area (Å²) in [4.78, 5) is 46.6. The summed E-state index contributed by atoms with van der Waals surface area (Å²) < 4.78 is 0. The summed E-state index contributed by atoms with van der Waals surface area (Å²) in [6.07, 6.45) is 1.09. The number of rotatable bonds is 8. The zero-order valence-corrected chi connectivity index (χ0v) is 13.3. The molecule has 1 aliphatic heterocycles. The summed E-state index contributed by atoms with van der Waals surface area (Å²) in [6.45, 7) is 3.99. The molecule has 0 bridgehead atoms. The van der Waals surface area contributed by atoms with Crippen LogP contribution in [0.15, 0.2) is 0 Å². The Hall–Kier alpha value is -2.16. The number of carbonyl (C=O) groups excluding carboxylic acids is 3. The third-order valence-corrected chi connectivity index (χ3v) is 3.65. The number of nitrogens with two attached hydrogens (primary N) is 1. The van der Waals surface area contributed by atoms with Gasteiger partial charge in [0.05, 0.1) is 12.5 Å². The molecule has 1 saturated heterocycles. The molecule has 0 saturated carbocycles. The molecule has 6 N–H and O–H groups in total. The van der Waals surface area contributed by atoms with Crippen LogP contribution in [0, 0.1) is 5.92 Å². The predicted molar refractivity (Wildman–Crippen MR) is 81.2 cm³/mol. The third-order valence-electron chi connectivity index (χ3n) is 3.65. The highest BCUT2D eigenvalue weighted by Gasteiger charge is 2.31. The summed E-state index contributed by atoms with van der Waals surface area (Å²) in [7, 11) is 0. The van der Waals surface area contributed by atoms with Crippen molar-refractivity contribution in [3.05, 3.63) is 0 Å². The van der Waals surface area contributed by atoms with E-state index in [2.05, 4.69) is 16.0 Å². The Balaban J connectivity index is 2.75. The van der Waals surface area contributed by atoms with Gasteiger partial charge in [-0.1, -0.05) is 13.8 Å². The fourth-order valence-corrected chi connectivity index (χ4v) is 2.36. The first-order valence-electron chi connectivity index (χ1n) is 7.57. The fraction of sp³-hybridized carbons (Fsp3) is 0.714. The Labute approximate surface area is 134 Å². The molecular formula is C14H24N4O5. The van der Waals surface area contributed by atoms with E-state index in [1.807, 2.05) is 0 Å². The van der Waals surface area contributed by atoms with Crippen LogP contribution >= 0.6 is 0 Å². The summed E-state index contributed by atoms with van der Waals surface area (Å²) in [5, 5.41) is 16.9. The summed E-state index contributed by atoms with van der Waals surface area (Å²) in [5.74, 6) is -3.44. The average molecular weight is 328 g/mol. The standard InChI is InChI=1S/C14H24N4O5/c1-7(2)11(14(22)23)18-13(21)9(6-10(15)19)17-12(20)8-4-3-5-16-8/h7-9,11,16H,3-6H2,1-2H3,(H2,15,19)(H,17,20)(H,18,21)(H,22,23)/t8-,9-,11+/m1/s1. The van der Waals surface area contributed by atoms with Crippen molar-refractivity contribution in [1.82, 2.24) is 16.0 Å². The van der Waals surface area contributed by atoms with Crippen LogP contribution in [0.5, 0.6) is 0 Å². The van der Waals surface area contributed by atoms with Crippen molar-refractivity contribution in [2.75, 3.05) is 6.54 Å². The molecule has 0 aromatic heterocycles. The summed E-state index contributed by atoms with van der Waals surface area (Å²) in [5.41, 5.74) is 5.11. The first-order chi connectivity index (χ1) is 10.7. The molecule has 1 rings (SSSR count). The van der Waals surface area contributed by atoms with E-state index >= 15 is 0 Å². The van der Waals surface area contributed by atoms with E-state index in [4.69, 9.17) is 10.8 Å². The van der Waals surface area contributed by atoms with Crippen LogP contribution in [0.25, 0.3) is 0 Å². The largest absolute Gasteiger partial charge is 0.480 e. The molecular weight excluding hydrogens is 304 g/mol. The first kappa shape index (κ1) is 18.9. The van der Waals surface area contributed by atoms with Crippen molar-refractivity contribution in [3.63, 3.8) is 0 Å². The minimum Gasteiger partial charge on any atom is -0.480 e. The Morgan fingerprint density at radius 3 is 2.35 bits per heavy atom. The molecule has 3 atom stereocenters. The van der Waals surface area contributed by atoms with Gasteiger partial charge in [-0.05, 0) is 25.3 Å². The lowest BCUT2D eigenvalue weighted by molar-refractivity contribution is -0.143. The van der Waals surface area contributed by atoms with Gasteiger partial charge in [0.2, 0.25) is 17.7 Å². The number of carboxylic acid groups (broad SMARTS) is 1. The number of carbonyl (C=O) groups is 4. The van der Waals surface area contributed by atoms with Gasteiger partial charge in [0, 0.05) is 0 Å². The second-order valence-electron chi connectivity index (χ2n) is 5.95. The maximum atomic E-state index is 12.2. The monoisotopic (exact) mass is 328 g/mol. The molecule has 9 nitrogen and oxygen atoms in total. The highest BCUT2D eigenvalue weighted by atomic mass is 16.4. The van der Waals surface area contributed by atoms with Gasteiger partial charge in [-0.15, -0.1) is 0 Å². The van der Waals surface area contributed by atoms with Crippen LogP contribution in [0.3, 0.4) is 0 Å². The quantitative estimate of drug-likeness (QED) is 0.359. The first-order valence-corrected chi connectivity index (χ1v) is 7.57. The zero-order valence-electron chi connectivity index (χ0n) is 13.3. The SMILES string of the molecule is CC(C)[C@H](NC(=O)[C@@H](CC(N)=O)NC(=O)[C@H]1CCCN1)C(=O)O. The number of primary amides is 1. The second kappa shape index (κ2) is 8.47. The van der Waals surface area contributed by atoms with Gasteiger partial charge in [0.1, 0.15) is 12.1 Å². The third kappa shape index (κ3) is 5.85. The minimum atomic E-state index is -1.19. The number of hydrogen-bond donors (Lipinski definition) is 5. The Kier molecular flexibility index (Phi) is 6.95. The van der Waals surface area contributed by atoms with E-state index in [0.717, 1.165) is 6.42 Å². The molecule has 3 amide bonds. The lowest BCUT2D eigenvalue weighted by Gasteiger charge is -2.23. The number of nitrogens with one attached hydrogen (secondary N) is 3. The van der Waals surface area contributed by atoms with Crippen LogP contribution in [0.4, 0.5) is 0 Å². The normalized spacial score (nSPS) is 19.9. The zero-order chi connectivity index (χ0) is 17.6. The van der Waals surface area contributed by atoms with Gasteiger partial charge in [0.25, 0.3) is 0 Å². The second-order valence-corrected chi connectivity index (χ2v) is 5.95. The maximum Gasteiger partial charge on any atom is 0.326 e. The molecule has 0 aromatic rings. The topological polar surface area (TPSA) is 151 Å². The molecule has 0 unspecified atom stereocenters. The maximum absolute atomic E-state index is 12.2. The van der Waals surface area contributed by atoms with Gasteiger partial charge in [0.15, 0.2) is 0 Å². The van der Waals surface area contributed by atoms with Gasteiger partial charge >= 0.3 is 5.97 Å². The number of carboxylic acids is 1. The van der Waals surface area contributed by atoms with Crippen LogP contribution in [0.2, 0.25) is 0 Å². The van der Waals surface area contributed by atoms with Crippen LogP contribution in [0.1, 0.15) is 33.1 Å². The smallest absolute Gasteiger partial charge is 0.326 e. The summed E-state index contributed by atoms with van der Waals surface area (Å²) in [6, 6.07) is -2.72. The molecule has 1 aliphatic rings. The number of hydrogen-bond acceptors (Lipinski definition) is 5. The Morgan fingerprint density at radius 1 is 1.26 bits per heavy atom. The highest BCUT2D eigenvalue weighted by molar-refractivity contribution is 5.94. The average Bonchev–Trinajstić information content (AvgIpc) is 2.96. The van der Waals surface area contributed by atoms with Crippen molar-refractivity contribution in [2.24, 2.45) is 11.7 Å². The van der Waals surface area contributed by atoms with Crippen molar-refractivity contribution < 1.29 is 24.3 Å². The molecule has 23 heavy (non-hydrogen) atoms. The summed E-state index contributed by atoms with van der Waals surface area (Å²) >= 11 is 0. The van der Waals surface area contributed by atoms with E-state index in [1.165, 1.54) is 0 Å². The van der Waals surface area contributed by atoms with E-state index in [-0.39, 0.29) is 5.92 Å². The lowest BCUT2D eigenvalue weighted by Crippen LogP contribution is -2.56. The van der Waals surface area contributed by atoms with Crippen LogP contribution in [-0.4, -0.2) is 53.5 Å². The molecule has 0 aromatic carbocycles. The van der Waals surface area contributed by atoms with Crippen molar-refractivity contribution in [2.45, 2.75) is 51.2 Å². The molecule has 0 radical (unpaired) electrons. The predicted octanol–water partition coefficient (Wildman–Crippen LogP) is -1.68. The fourth-order valence-electron chi connectivity index (χ4n) is 2.36. The van der Waals surface area contributed by atoms with Crippen molar-refractivity contribution >= 4 is 23.7 Å². The molecule has 0 spiro atoms. The van der Waals surface area contributed by atoms with Gasteiger partial charge in [-0.3, -0.25) is 14.4 Å². The van der Waals surface area contributed by atoms with E-state index in [1.54, 1.807) is 13.8 Å². The van der Waals surface area contributed by atoms with Gasteiger partial charge in [-0.25, -0.2) is 4.79 Å². The molecule has 1 heterocycles. The lowest BCUT2D eigenvalue weighted by atomic mass is 10.0. The van der Waals surface area contributed by atoms with Gasteiger partial charge < -0.3 is 26.8 Å².